The molecule has 0 aliphatic carbocycles. The molecule has 0 aromatic carbocycles. The average molecular weight is 175 g/mol. The normalized spacial score (nSPS) is 11.4. The van der Waals surface area contributed by atoms with Gasteiger partial charge in [0.1, 0.15) is 0 Å². The van der Waals surface area contributed by atoms with Gasteiger partial charge in [0, 0.05) is 17.6 Å². The summed E-state index contributed by atoms with van der Waals surface area (Å²) in [7, 11) is 0. The van der Waals surface area contributed by atoms with Crippen molar-refractivity contribution >= 4 is 11.0 Å². The van der Waals surface area contributed by atoms with E-state index in [1.54, 1.807) is 0 Å². The molecule has 13 heavy (non-hydrogen) atoms. The van der Waals surface area contributed by atoms with E-state index in [1.165, 1.54) is 5.56 Å². The highest BCUT2D eigenvalue weighted by Gasteiger charge is 2.07. The lowest BCUT2D eigenvalue weighted by molar-refractivity contribution is 0.546. The van der Waals surface area contributed by atoms with E-state index in [0.29, 0.717) is 6.04 Å². The van der Waals surface area contributed by atoms with Gasteiger partial charge in [0.25, 0.3) is 0 Å². The number of nitrogens with zero attached hydrogens (tertiary/aromatic N) is 3. The standard InChI is InChI=1S/C10H13N3/c1-7(2)13-10-9(6-12-13)8(3)4-5-11-10/h4-7H,1-3H3. The predicted molar refractivity (Wildman–Crippen MR) is 52.7 cm³/mol. The van der Waals surface area contributed by atoms with Crippen LogP contribution in [0.1, 0.15) is 25.5 Å². The average Bonchev–Trinajstić information content (AvgIpc) is 2.48. The molecule has 0 radical (unpaired) electrons. The number of fused-ring (bicyclic) bond motifs is 1. The van der Waals surface area contributed by atoms with Crippen LogP contribution < -0.4 is 0 Å². The van der Waals surface area contributed by atoms with E-state index in [1.807, 2.05) is 23.1 Å². The van der Waals surface area contributed by atoms with Gasteiger partial charge in [-0.15, -0.1) is 0 Å². The van der Waals surface area contributed by atoms with Gasteiger partial charge in [-0.1, -0.05) is 0 Å². The minimum atomic E-state index is 0.367. The van der Waals surface area contributed by atoms with Crippen LogP contribution in [0.4, 0.5) is 0 Å². The van der Waals surface area contributed by atoms with Crippen molar-refractivity contribution in [3.63, 3.8) is 0 Å². The molecule has 0 amide bonds. The Balaban J connectivity index is 2.75. The third-order valence-corrected chi connectivity index (χ3v) is 2.20. The Labute approximate surface area is 77.4 Å². The van der Waals surface area contributed by atoms with Gasteiger partial charge in [-0.2, -0.15) is 5.10 Å². The zero-order chi connectivity index (χ0) is 9.42. The van der Waals surface area contributed by atoms with Crippen molar-refractivity contribution in [3.05, 3.63) is 24.0 Å². The second-order valence-electron chi connectivity index (χ2n) is 3.55. The first-order chi connectivity index (χ1) is 6.20. The topological polar surface area (TPSA) is 30.7 Å². The van der Waals surface area contributed by atoms with Crippen LogP contribution in [0.3, 0.4) is 0 Å². The Kier molecular flexibility index (Phi) is 1.79. The highest BCUT2D eigenvalue weighted by molar-refractivity contribution is 5.78. The first-order valence-electron chi connectivity index (χ1n) is 4.49. The van der Waals surface area contributed by atoms with Gasteiger partial charge in [-0.3, -0.25) is 0 Å². The molecule has 0 aliphatic rings. The number of aromatic nitrogens is 3. The molecule has 0 unspecified atom stereocenters. The molecule has 2 rings (SSSR count). The zero-order valence-electron chi connectivity index (χ0n) is 8.15. The summed E-state index contributed by atoms with van der Waals surface area (Å²) < 4.78 is 1.95. The number of hydrogen-bond acceptors (Lipinski definition) is 2. The Hall–Kier alpha value is -1.38. The van der Waals surface area contributed by atoms with Crippen molar-refractivity contribution in [2.24, 2.45) is 0 Å². The fourth-order valence-corrected chi connectivity index (χ4v) is 1.45. The summed E-state index contributed by atoms with van der Waals surface area (Å²) in [5.74, 6) is 0. The Morgan fingerprint density at radius 3 is 2.85 bits per heavy atom. The van der Waals surface area contributed by atoms with Crippen LogP contribution in [0, 0.1) is 6.92 Å². The molecule has 0 bridgehead atoms. The van der Waals surface area contributed by atoms with Crippen LogP contribution in [-0.2, 0) is 0 Å². The molecule has 0 fully saturated rings. The van der Waals surface area contributed by atoms with E-state index in [4.69, 9.17) is 0 Å². The summed E-state index contributed by atoms with van der Waals surface area (Å²) >= 11 is 0. The van der Waals surface area contributed by atoms with Crippen LogP contribution >= 0.6 is 0 Å². The lowest BCUT2D eigenvalue weighted by Crippen LogP contribution is -2.03. The second kappa shape index (κ2) is 2.83. The van der Waals surface area contributed by atoms with Gasteiger partial charge in [-0.25, -0.2) is 9.67 Å². The van der Waals surface area contributed by atoms with Gasteiger partial charge >= 0.3 is 0 Å². The van der Waals surface area contributed by atoms with E-state index >= 15 is 0 Å². The number of aryl methyl sites for hydroxylation is 1. The SMILES string of the molecule is Cc1ccnc2c1cnn2C(C)C. The van der Waals surface area contributed by atoms with Crippen molar-refractivity contribution in [1.82, 2.24) is 14.8 Å². The molecule has 68 valence electrons. The van der Waals surface area contributed by atoms with Gasteiger partial charge < -0.3 is 0 Å². The molecular weight excluding hydrogens is 162 g/mol. The molecule has 3 heteroatoms. The lowest BCUT2D eigenvalue weighted by Gasteiger charge is -2.05. The molecule has 0 saturated carbocycles. The second-order valence-corrected chi connectivity index (χ2v) is 3.55. The fourth-order valence-electron chi connectivity index (χ4n) is 1.45. The van der Waals surface area contributed by atoms with Crippen LogP contribution in [-0.4, -0.2) is 14.8 Å². The van der Waals surface area contributed by atoms with E-state index in [-0.39, 0.29) is 0 Å². The highest BCUT2D eigenvalue weighted by atomic mass is 15.3. The quantitative estimate of drug-likeness (QED) is 0.666. The zero-order valence-corrected chi connectivity index (χ0v) is 8.15. The molecule has 3 nitrogen and oxygen atoms in total. The predicted octanol–water partition coefficient (Wildman–Crippen LogP) is 2.32. The number of pyridine rings is 1. The molecule has 2 heterocycles. The maximum atomic E-state index is 4.32. The molecule has 0 saturated heterocycles. The molecule has 0 atom stereocenters. The largest absolute Gasteiger partial charge is 0.245 e. The minimum absolute atomic E-state index is 0.367. The Morgan fingerprint density at radius 2 is 2.15 bits per heavy atom. The van der Waals surface area contributed by atoms with E-state index in [0.717, 1.165) is 11.0 Å². The fraction of sp³-hybridized carbons (Fsp3) is 0.400. The molecule has 0 aliphatic heterocycles. The van der Waals surface area contributed by atoms with Crippen molar-refractivity contribution in [2.45, 2.75) is 26.8 Å². The van der Waals surface area contributed by atoms with Crippen molar-refractivity contribution in [3.8, 4) is 0 Å². The molecule has 0 N–H and O–H groups in total. The highest BCUT2D eigenvalue weighted by Crippen LogP contribution is 2.17. The van der Waals surface area contributed by atoms with Crippen molar-refractivity contribution < 1.29 is 0 Å². The summed E-state index contributed by atoms with van der Waals surface area (Å²) in [4.78, 5) is 4.32. The monoisotopic (exact) mass is 175 g/mol. The van der Waals surface area contributed by atoms with Gasteiger partial charge in [-0.05, 0) is 32.4 Å². The van der Waals surface area contributed by atoms with Crippen LogP contribution in [0.2, 0.25) is 0 Å². The van der Waals surface area contributed by atoms with E-state index in [9.17, 15) is 0 Å². The van der Waals surface area contributed by atoms with E-state index in [2.05, 4.69) is 30.9 Å². The third kappa shape index (κ3) is 1.20. The summed E-state index contributed by atoms with van der Waals surface area (Å²) in [6, 6.07) is 2.38. The molecule has 2 aromatic heterocycles. The maximum Gasteiger partial charge on any atom is 0.158 e. The summed E-state index contributed by atoms with van der Waals surface area (Å²) in [5.41, 5.74) is 2.21. The smallest absolute Gasteiger partial charge is 0.158 e. The minimum Gasteiger partial charge on any atom is -0.245 e. The van der Waals surface area contributed by atoms with Gasteiger partial charge in [0.05, 0.1) is 6.20 Å². The molecular formula is C10H13N3. The summed E-state index contributed by atoms with van der Waals surface area (Å²) in [6.07, 6.45) is 3.72. The third-order valence-electron chi connectivity index (χ3n) is 2.20. The first kappa shape index (κ1) is 8.23. The number of hydrogen-bond donors (Lipinski definition) is 0. The Morgan fingerprint density at radius 1 is 1.38 bits per heavy atom. The Bertz CT molecular complexity index is 429. The van der Waals surface area contributed by atoms with Crippen LogP contribution in [0.25, 0.3) is 11.0 Å². The lowest BCUT2D eigenvalue weighted by atomic mass is 10.2. The van der Waals surface area contributed by atoms with Gasteiger partial charge in [0.2, 0.25) is 0 Å². The maximum absolute atomic E-state index is 4.32. The summed E-state index contributed by atoms with van der Waals surface area (Å²) in [6.45, 7) is 6.29. The first-order valence-corrected chi connectivity index (χ1v) is 4.49. The number of rotatable bonds is 1. The van der Waals surface area contributed by atoms with Crippen molar-refractivity contribution in [1.29, 1.82) is 0 Å². The van der Waals surface area contributed by atoms with Crippen LogP contribution in [0.15, 0.2) is 18.5 Å². The molecule has 0 spiro atoms. The van der Waals surface area contributed by atoms with Gasteiger partial charge in [0.15, 0.2) is 5.65 Å². The summed E-state index contributed by atoms with van der Waals surface area (Å²) in [5, 5.41) is 5.46. The van der Waals surface area contributed by atoms with Crippen molar-refractivity contribution in [2.75, 3.05) is 0 Å². The van der Waals surface area contributed by atoms with E-state index < -0.39 is 0 Å². The van der Waals surface area contributed by atoms with Crippen LogP contribution in [0.5, 0.6) is 0 Å². The molecule has 2 aromatic rings.